The van der Waals surface area contributed by atoms with Crippen LogP contribution in [0, 0.1) is 0 Å². The van der Waals surface area contributed by atoms with Gasteiger partial charge in [0.2, 0.25) is 0 Å². The standard InChI is InChI=1S/C16H25NO3S/c1-3-6-13(17)16(4-2)21(18)12-7-8-14-15(11-12)20-10-5-9-19-14/h7-8,11,13,16H,3-6,9-10,17H2,1-2H3. The van der Waals surface area contributed by atoms with Crippen molar-refractivity contribution in [2.75, 3.05) is 13.2 Å². The third-order valence-electron chi connectivity index (χ3n) is 3.73. The SMILES string of the molecule is CCCC(N)C(CC)S(=O)c1ccc2c(c1)OCCCO2. The molecular formula is C16H25NO3S. The minimum absolute atomic E-state index is 0.0188. The molecule has 0 bridgehead atoms. The van der Waals surface area contributed by atoms with Crippen LogP contribution in [0.2, 0.25) is 0 Å². The predicted octanol–water partition coefficient (Wildman–Crippen LogP) is 2.86. The van der Waals surface area contributed by atoms with Crippen molar-refractivity contribution in [2.45, 2.75) is 55.7 Å². The van der Waals surface area contributed by atoms with Crippen molar-refractivity contribution in [1.82, 2.24) is 0 Å². The maximum atomic E-state index is 12.8. The van der Waals surface area contributed by atoms with E-state index in [4.69, 9.17) is 15.2 Å². The molecule has 21 heavy (non-hydrogen) atoms. The summed E-state index contributed by atoms with van der Waals surface area (Å²) in [5, 5.41) is -0.0188. The van der Waals surface area contributed by atoms with E-state index in [-0.39, 0.29) is 11.3 Å². The number of benzene rings is 1. The highest BCUT2D eigenvalue weighted by atomic mass is 32.2. The van der Waals surface area contributed by atoms with Crippen LogP contribution in [0.1, 0.15) is 39.5 Å². The van der Waals surface area contributed by atoms with Gasteiger partial charge < -0.3 is 15.2 Å². The van der Waals surface area contributed by atoms with Gasteiger partial charge in [-0.25, -0.2) is 0 Å². The molecule has 0 amide bonds. The minimum Gasteiger partial charge on any atom is -0.490 e. The summed E-state index contributed by atoms with van der Waals surface area (Å²) < 4.78 is 24.1. The summed E-state index contributed by atoms with van der Waals surface area (Å²) in [5.74, 6) is 1.43. The van der Waals surface area contributed by atoms with Crippen LogP contribution in [0.5, 0.6) is 11.5 Å². The van der Waals surface area contributed by atoms with Crippen LogP contribution >= 0.6 is 0 Å². The topological polar surface area (TPSA) is 61.6 Å². The van der Waals surface area contributed by atoms with Crippen LogP contribution in [-0.4, -0.2) is 28.7 Å². The van der Waals surface area contributed by atoms with Crippen molar-refractivity contribution < 1.29 is 13.7 Å². The summed E-state index contributed by atoms with van der Waals surface area (Å²) in [6, 6.07) is 5.53. The van der Waals surface area contributed by atoms with E-state index in [1.165, 1.54) is 0 Å². The smallest absolute Gasteiger partial charge is 0.162 e. The summed E-state index contributed by atoms with van der Waals surface area (Å²) in [6.07, 6.45) is 3.58. The fourth-order valence-corrected chi connectivity index (χ4v) is 4.11. The van der Waals surface area contributed by atoms with Gasteiger partial charge in [0, 0.05) is 23.4 Å². The third kappa shape index (κ3) is 3.98. The quantitative estimate of drug-likeness (QED) is 0.877. The molecule has 1 heterocycles. The number of hydrogen-bond acceptors (Lipinski definition) is 4. The van der Waals surface area contributed by atoms with Crippen molar-refractivity contribution in [1.29, 1.82) is 0 Å². The fraction of sp³-hybridized carbons (Fsp3) is 0.625. The fourth-order valence-electron chi connectivity index (χ4n) is 2.58. The van der Waals surface area contributed by atoms with Crippen LogP contribution in [0.3, 0.4) is 0 Å². The van der Waals surface area contributed by atoms with Gasteiger partial charge in [-0.2, -0.15) is 0 Å². The lowest BCUT2D eigenvalue weighted by Gasteiger charge is -2.22. The molecule has 2 rings (SSSR count). The van der Waals surface area contributed by atoms with Crippen LogP contribution in [0.4, 0.5) is 0 Å². The molecule has 2 N–H and O–H groups in total. The number of ether oxygens (including phenoxy) is 2. The predicted molar refractivity (Wildman–Crippen MR) is 85.4 cm³/mol. The Morgan fingerprint density at radius 2 is 1.95 bits per heavy atom. The molecule has 1 aliphatic rings. The average molecular weight is 311 g/mol. The summed E-state index contributed by atoms with van der Waals surface area (Å²) in [5.41, 5.74) is 6.19. The van der Waals surface area contributed by atoms with Crippen LogP contribution < -0.4 is 15.2 Å². The summed E-state index contributed by atoms with van der Waals surface area (Å²) in [6.45, 7) is 5.44. The number of fused-ring (bicyclic) bond motifs is 1. The zero-order valence-corrected chi connectivity index (χ0v) is 13.7. The average Bonchev–Trinajstić information content (AvgIpc) is 2.72. The Labute approximate surface area is 129 Å². The first-order valence-electron chi connectivity index (χ1n) is 7.73. The van der Waals surface area contributed by atoms with Crippen LogP contribution in [0.15, 0.2) is 23.1 Å². The number of nitrogens with two attached hydrogens (primary N) is 1. The van der Waals surface area contributed by atoms with Crippen LogP contribution in [0.25, 0.3) is 0 Å². The van der Waals surface area contributed by atoms with Gasteiger partial charge in [0.25, 0.3) is 0 Å². The van der Waals surface area contributed by atoms with E-state index in [1.807, 2.05) is 25.1 Å². The molecular weight excluding hydrogens is 286 g/mol. The Balaban J connectivity index is 2.20. The molecule has 1 aromatic carbocycles. The molecule has 1 aliphatic heterocycles. The van der Waals surface area contributed by atoms with Gasteiger partial charge in [-0.05, 0) is 25.0 Å². The molecule has 0 saturated heterocycles. The van der Waals surface area contributed by atoms with Crippen molar-refractivity contribution in [3.8, 4) is 11.5 Å². The van der Waals surface area contributed by atoms with Gasteiger partial charge in [0.1, 0.15) is 0 Å². The van der Waals surface area contributed by atoms with Gasteiger partial charge in [-0.15, -0.1) is 0 Å². The highest BCUT2D eigenvalue weighted by Crippen LogP contribution is 2.32. The molecule has 0 aromatic heterocycles. The summed E-state index contributed by atoms with van der Waals surface area (Å²) >= 11 is 0. The van der Waals surface area contributed by atoms with Crippen molar-refractivity contribution in [2.24, 2.45) is 5.73 Å². The molecule has 3 atom stereocenters. The lowest BCUT2D eigenvalue weighted by atomic mass is 10.1. The molecule has 0 radical (unpaired) electrons. The second-order valence-corrected chi connectivity index (χ2v) is 7.03. The lowest BCUT2D eigenvalue weighted by Crippen LogP contribution is -2.37. The zero-order chi connectivity index (χ0) is 15.2. The Hall–Kier alpha value is -1.07. The maximum Gasteiger partial charge on any atom is 0.162 e. The van der Waals surface area contributed by atoms with Gasteiger partial charge in [0.05, 0.1) is 29.3 Å². The lowest BCUT2D eigenvalue weighted by molar-refractivity contribution is 0.297. The van der Waals surface area contributed by atoms with Gasteiger partial charge >= 0.3 is 0 Å². The second kappa shape index (κ2) is 7.80. The van der Waals surface area contributed by atoms with Gasteiger partial charge in [-0.1, -0.05) is 20.3 Å². The first kappa shape index (κ1) is 16.3. The molecule has 0 aliphatic carbocycles. The van der Waals surface area contributed by atoms with Crippen molar-refractivity contribution in [3.63, 3.8) is 0 Å². The minimum atomic E-state index is -1.12. The Bertz CT molecular complexity index is 492. The highest BCUT2D eigenvalue weighted by Gasteiger charge is 2.24. The highest BCUT2D eigenvalue weighted by molar-refractivity contribution is 7.85. The molecule has 0 fully saturated rings. The normalized spacial score (nSPS) is 18.6. The van der Waals surface area contributed by atoms with E-state index in [0.717, 1.165) is 36.3 Å². The Kier molecular flexibility index (Phi) is 6.06. The first-order chi connectivity index (χ1) is 10.2. The summed E-state index contributed by atoms with van der Waals surface area (Å²) in [4.78, 5) is 0.776. The van der Waals surface area contributed by atoms with Crippen molar-refractivity contribution >= 4 is 10.8 Å². The van der Waals surface area contributed by atoms with E-state index in [9.17, 15) is 4.21 Å². The molecule has 118 valence electrons. The van der Waals surface area contributed by atoms with E-state index in [2.05, 4.69) is 6.92 Å². The van der Waals surface area contributed by atoms with E-state index in [1.54, 1.807) is 0 Å². The molecule has 3 unspecified atom stereocenters. The Morgan fingerprint density at radius 3 is 2.62 bits per heavy atom. The maximum absolute atomic E-state index is 12.8. The van der Waals surface area contributed by atoms with Gasteiger partial charge in [-0.3, -0.25) is 4.21 Å². The monoisotopic (exact) mass is 311 g/mol. The van der Waals surface area contributed by atoms with Crippen LogP contribution in [-0.2, 0) is 10.8 Å². The molecule has 5 heteroatoms. The van der Waals surface area contributed by atoms with E-state index >= 15 is 0 Å². The zero-order valence-electron chi connectivity index (χ0n) is 12.8. The first-order valence-corrected chi connectivity index (χ1v) is 8.94. The molecule has 1 aromatic rings. The van der Waals surface area contributed by atoms with E-state index in [0.29, 0.717) is 19.0 Å². The summed E-state index contributed by atoms with van der Waals surface area (Å²) in [7, 11) is -1.12. The Morgan fingerprint density at radius 1 is 1.24 bits per heavy atom. The molecule has 0 spiro atoms. The van der Waals surface area contributed by atoms with Gasteiger partial charge in [0.15, 0.2) is 11.5 Å². The number of hydrogen-bond donors (Lipinski definition) is 1. The third-order valence-corrected chi connectivity index (χ3v) is 5.68. The number of rotatable bonds is 6. The van der Waals surface area contributed by atoms with Crippen molar-refractivity contribution in [3.05, 3.63) is 18.2 Å². The largest absolute Gasteiger partial charge is 0.490 e. The van der Waals surface area contributed by atoms with E-state index < -0.39 is 10.8 Å². The second-order valence-electron chi connectivity index (χ2n) is 5.36. The molecule has 0 saturated carbocycles. The molecule has 4 nitrogen and oxygen atoms in total.